The number of nitro benzene ring substituents is 1. The third-order valence-electron chi connectivity index (χ3n) is 4.76. The van der Waals surface area contributed by atoms with Crippen LogP contribution in [0.3, 0.4) is 0 Å². The van der Waals surface area contributed by atoms with Gasteiger partial charge >= 0.3 is 0 Å². The number of amides is 2. The van der Waals surface area contributed by atoms with E-state index < -0.39 is 16.7 Å². The van der Waals surface area contributed by atoms with Gasteiger partial charge in [0.15, 0.2) is 6.61 Å². The van der Waals surface area contributed by atoms with E-state index in [-0.39, 0.29) is 24.5 Å². The second-order valence-electron chi connectivity index (χ2n) is 7.17. The Balaban J connectivity index is 1.43. The molecule has 2 amide bonds. The van der Waals surface area contributed by atoms with Gasteiger partial charge in [-0.05, 0) is 55.0 Å². The average molecular weight is 433 g/mol. The van der Waals surface area contributed by atoms with Crippen LogP contribution in [0, 0.1) is 17.0 Å². The summed E-state index contributed by atoms with van der Waals surface area (Å²) in [6, 6.07) is 18.4. The van der Waals surface area contributed by atoms with Crippen LogP contribution in [0.1, 0.15) is 5.56 Å². The van der Waals surface area contributed by atoms with Crippen LogP contribution in [-0.4, -0.2) is 29.9 Å². The van der Waals surface area contributed by atoms with Crippen LogP contribution < -0.4 is 19.7 Å². The first kappa shape index (κ1) is 20.9. The zero-order chi connectivity index (χ0) is 22.7. The Kier molecular flexibility index (Phi) is 5.71. The van der Waals surface area contributed by atoms with Gasteiger partial charge < -0.3 is 14.8 Å². The predicted molar refractivity (Wildman–Crippen MR) is 117 cm³/mol. The molecule has 0 radical (unpaired) electrons. The molecule has 1 aliphatic rings. The van der Waals surface area contributed by atoms with E-state index in [9.17, 15) is 19.7 Å². The molecule has 1 N–H and O–H groups in total. The van der Waals surface area contributed by atoms with E-state index in [1.165, 1.54) is 23.1 Å². The van der Waals surface area contributed by atoms with E-state index in [0.29, 0.717) is 22.9 Å². The Labute approximate surface area is 183 Å². The van der Waals surface area contributed by atoms with E-state index in [1.807, 2.05) is 31.2 Å². The van der Waals surface area contributed by atoms with Crippen LogP contribution in [0.25, 0.3) is 0 Å². The molecule has 9 heteroatoms. The van der Waals surface area contributed by atoms with Crippen molar-refractivity contribution in [2.75, 3.05) is 23.4 Å². The molecule has 0 unspecified atom stereocenters. The quantitative estimate of drug-likeness (QED) is 0.464. The minimum Gasteiger partial charge on any atom is -0.482 e. The standard InChI is InChI=1S/C23H19N3O6/c1-15-3-2-4-19(11-15)32-18-8-5-16(6-9-18)24-22(27)13-25-20-12-17(26(29)30)7-10-21(20)31-14-23(25)28/h2-12H,13-14H2,1H3,(H,24,27). The van der Waals surface area contributed by atoms with Gasteiger partial charge in [-0.15, -0.1) is 0 Å². The third-order valence-corrected chi connectivity index (χ3v) is 4.76. The molecule has 1 aliphatic heterocycles. The number of anilines is 2. The second-order valence-corrected chi connectivity index (χ2v) is 7.17. The third kappa shape index (κ3) is 4.67. The number of non-ortho nitro benzene ring substituents is 1. The average Bonchev–Trinajstić information content (AvgIpc) is 2.77. The molecule has 9 nitrogen and oxygen atoms in total. The number of nitrogens with one attached hydrogen (secondary N) is 1. The molecular formula is C23H19N3O6. The van der Waals surface area contributed by atoms with E-state index in [0.717, 1.165) is 5.56 Å². The molecule has 3 aromatic rings. The monoisotopic (exact) mass is 433 g/mol. The Morgan fingerprint density at radius 2 is 1.91 bits per heavy atom. The lowest BCUT2D eigenvalue weighted by molar-refractivity contribution is -0.384. The van der Waals surface area contributed by atoms with Crippen LogP contribution in [0.4, 0.5) is 17.1 Å². The first-order valence-electron chi connectivity index (χ1n) is 9.75. The number of aryl methyl sites for hydroxylation is 1. The molecule has 0 fully saturated rings. The summed E-state index contributed by atoms with van der Waals surface area (Å²) in [6.45, 7) is 1.42. The Hall–Kier alpha value is -4.40. The Bertz CT molecular complexity index is 1190. The SMILES string of the molecule is Cc1cccc(Oc2ccc(NC(=O)CN3C(=O)COc4ccc([N+](=O)[O-])cc43)cc2)c1. The van der Waals surface area contributed by atoms with Crippen molar-refractivity contribution in [3.05, 3.63) is 82.4 Å². The van der Waals surface area contributed by atoms with Gasteiger partial charge in [0.05, 0.1) is 10.6 Å². The van der Waals surface area contributed by atoms with Crippen LogP contribution in [-0.2, 0) is 9.59 Å². The number of benzene rings is 3. The lowest BCUT2D eigenvalue weighted by Crippen LogP contribution is -2.43. The number of ether oxygens (including phenoxy) is 2. The summed E-state index contributed by atoms with van der Waals surface area (Å²) in [5.41, 5.74) is 1.59. The molecule has 4 rings (SSSR count). The Morgan fingerprint density at radius 1 is 1.12 bits per heavy atom. The summed E-state index contributed by atoms with van der Waals surface area (Å²) in [5.74, 6) is 0.708. The molecule has 0 bridgehead atoms. The van der Waals surface area contributed by atoms with Crippen molar-refractivity contribution in [2.45, 2.75) is 6.92 Å². The molecule has 0 atom stereocenters. The summed E-state index contributed by atoms with van der Waals surface area (Å²) in [7, 11) is 0. The summed E-state index contributed by atoms with van der Waals surface area (Å²) in [5, 5.41) is 13.8. The molecule has 0 aromatic heterocycles. The fourth-order valence-corrected chi connectivity index (χ4v) is 3.24. The van der Waals surface area contributed by atoms with Crippen LogP contribution >= 0.6 is 0 Å². The zero-order valence-electron chi connectivity index (χ0n) is 17.1. The second kappa shape index (κ2) is 8.76. The van der Waals surface area contributed by atoms with E-state index in [4.69, 9.17) is 9.47 Å². The van der Waals surface area contributed by atoms with Crippen LogP contribution in [0.2, 0.25) is 0 Å². The van der Waals surface area contributed by atoms with Gasteiger partial charge in [0, 0.05) is 17.8 Å². The number of nitro groups is 1. The fraction of sp³-hybridized carbons (Fsp3) is 0.130. The lowest BCUT2D eigenvalue weighted by Gasteiger charge is -2.28. The maximum Gasteiger partial charge on any atom is 0.271 e. The van der Waals surface area contributed by atoms with Crippen molar-refractivity contribution < 1.29 is 24.0 Å². The van der Waals surface area contributed by atoms with Gasteiger partial charge in [0.2, 0.25) is 5.91 Å². The van der Waals surface area contributed by atoms with E-state index in [2.05, 4.69) is 5.32 Å². The summed E-state index contributed by atoms with van der Waals surface area (Å²) < 4.78 is 11.1. The smallest absolute Gasteiger partial charge is 0.271 e. The number of nitrogens with zero attached hydrogens (tertiary/aromatic N) is 2. The summed E-state index contributed by atoms with van der Waals surface area (Å²) >= 11 is 0. The fourth-order valence-electron chi connectivity index (χ4n) is 3.24. The van der Waals surface area contributed by atoms with Crippen molar-refractivity contribution in [3.8, 4) is 17.2 Å². The minimum absolute atomic E-state index is 0.188. The lowest BCUT2D eigenvalue weighted by atomic mass is 10.2. The van der Waals surface area contributed by atoms with Crippen LogP contribution in [0.15, 0.2) is 66.7 Å². The van der Waals surface area contributed by atoms with Crippen molar-refractivity contribution in [1.29, 1.82) is 0 Å². The molecule has 162 valence electrons. The number of carbonyl (C=O) groups excluding carboxylic acids is 2. The normalized spacial score (nSPS) is 12.5. The zero-order valence-corrected chi connectivity index (χ0v) is 17.1. The van der Waals surface area contributed by atoms with Crippen molar-refractivity contribution in [1.82, 2.24) is 0 Å². The molecule has 32 heavy (non-hydrogen) atoms. The number of carbonyl (C=O) groups is 2. The van der Waals surface area contributed by atoms with Crippen LogP contribution in [0.5, 0.6) is 17.2 Å². The molecule has 0 aliphatic carbocycles. The number of hydrogen-bond donors (Lipinski definition) is 1. The van der Waals surface area contributed by atoms with Crippen molar-refractivity contribution >= 4 is 28.9 Å². The summed E-state index contributed by atoms with van der Waals surface area (Å²) in [6.07, 6.45) is 0. The van der Waals surface area contributed by atoms with Gasteiger partial charge in [-0.1, -0.05) is 12.1 Å². The van der Waals surface area contributed by atoms with Gasteiger partial charge in [0.25, 0.3) is 11.6 Å². The first-order valence-corrected chi connectivity index (χ1v) is 9.75. The molecule has 0 saturated carbocycles. The maximum atomic E-state index is 12.6. The van der Waals surface area contributed by atoms with Crippen molar-refractivity contribution in [3.63, 3.8) is 0 Å². The maximum absolute atomic E-state index is 12.6. The highest BCUT2D eigenvalue weighted by Gasteiger charge is 2.29. The van der Waals surface area contributed by atoms with Gasteiger partial charge in [0.1, 0.15) is 23.8 Å². The molecule has 0 spiro atoms. The van der Waals surface area contributed by atoms with Gasteiger partial charge in [-0.25, -0.2) is 0 Å². The summed E-state index contributed by atoms with van der Waals surface area (Å²) in [4.78, 5) is 36.5. The molecule has 3 aromatic carbocycles. The van der Waals surface area contributed by atoms with Gasteiger partial charge in [-0.3, -0.25) is 24.6 Å². The minimum atomic E-state index is -0.571. The molecule has 1 heterocycles. The highest BCUT2D eigenvalue weighted by Crippen LogP contribution is 2.35. The number of rotatable bonds is 6. The topological polar surface area (TPSA) is 111 Å². The van der Waals surface area contributed by atoms with Gasteiger partial charge in [-0.2, -0.15) is 0 Å². The van der Waals surface area contributed by atoms with Crippen molar-refractivity contribution in [2.24, 2.45) is 0 Å². The van der Waals surface area contributed by atoms with E-state index >= 15 is 0 Å². The predicted octanol–water partition coefficient (Wildman–Crippen LogP) is 4.06. The number of hydrogen-bond acceptors (Lipinski definition) is 6. The largest absolute Gasteiger partial charge is 0.482 e. The molecular weight excluding hydrogens is 414 g/mol. The highest BCUT2D eigenvalue weighted by atomic mass is 16.6. The Morgan fingerprint density at radius 3 is 2.62 bits per heavy atom. The molecule has 0 saturated heterocycles. The first-order chi connectivity index (χ1) is 15.4. The number of fused-ring (bicyclic) bond motifs is 1. The highest BCUT2D eigenvalue weighted by molar-refractivity contribution is 6.05. The van der Waals surface area contributed by atoms with E-state index in [1.54, 1.807) is 24.3 Å².